The van der Waals surface area contributed by atoms with Gasteiger partial charge in [-0.05, 0) is 57.9 Å². The van der Waals surface area contributed by atoms with Gasteiger partial charge >= 0.3 is 0 Å². The number of anilines is 1. The zero-order valence-corrected chi connectivity index (χ0v) is 16.3. The number of hydrogen-bond donors (Lipinski definition) is 2. The van der Waals surface area contributed by atoms with Crippen LogP contribution in [0.2, 0.25) is 0 Å². The molecule has 0 amide bonds. The van der Waals surface area contributed by atoms with Gasteiger partial charge in [0.25, 0.3) is 0 Å². The topological polar surface area (TPSA) is 66.5 Å². The molecule has 3 aromatic heterocycles. The van der Waals surface area contributed by atoms with Crippen molar-refractivity contribution in [2.45, 2.75) is 71.3 Å². The predicted octanol–water partition coefficient (Wildman–Crippen LogP) is 4.93. The summed E-state index contributed by atoms with van der Waals surface area (Å²) in [4.78, 5) is 12.7. The number of aromatic nitrogens is 4. The highest BCUT2D eigenvalue weighted by Crippen LogP contribution is 2.40. The molecule has 0 aromatic carbocycles. The molecular formula is C20H25N5S. The van der Waals surface area contributed by atoms with Crippen LogP contribution in [0.25, 0.3) is 21.6 Å². The average Bonchev–Trinajstić information content (AvgIpc) is 3.34. The lowest BCUT2D eigenvalue weighted by molar-refractivity contribution is 0.700. The van der Waals surface area contributed by atoms with Gasteiger partial charge in [0.2, 0.25) is 0 Å². The number of nitrogens with zero attached hydrogens (tertiary/aromatic N) is 3. The van der Waals surface area contributed by atoms with Crippen LogP contribution in [-0.2, 0) is 12.8 Å². The first kappa shape index (κ1) is 16.2. The molecular weight excluding hydrogens is 342 g/mol. The number of fused-ring (bicyclic) bond motifs is 3. The zero-order valence-electron chi connectivity index (χ0n) is 15.5. The summed E-state index contributed by atoms with van der Waals surface area (Å²) in [6, 6.07) is 0.548. The van der Waals surface area contributed by atoms with E-state index in [9.17, 15) is 0 Å². The number of thiophene rings is 1. The summed E-state index contributed by atoms with van der Waals surface area (Å²) in [6.07, 6.45) is 10.1. The van der Waals surface area contributed by atoms with Crippen LogP contribution in [0.5, 0.6) is 0 Å². The van der Waals surface area contributed by atoms with Crippen LogP contribution >= 0.6 is 11.3 Å². The van der Waals surface area contributed by atoms with Crippen molar-refractivity contribution in [1.82, 2.24) is 20.2 Å². The van der Waals surface area contributed by atoms with Gasteiger partial charge in [0, 0.05) is 16.6 Å². The van der Waals surface area contributed by atoms with Crippen LogP contribution < -0.4 is 5.32 Å². The van der Waals surface area contributed by atoms with Crippen molar-refractivity contribution in [2.24, 2.45) is 0 Å². The number of nitrogens with one attached hydrogen (secondary N) is 2. The Morgan fingerprint density at radius 2 is 1.85 bits per heavy atom. The van der Waals surface area contributed by atoms with Crippen LogP contribution in [0.1, 0.15) is 60.4 Å². The van der Waals surface area contributed by atoms with Crippen molar-refractivity contribution < 1.29 is 0 Å². The maximum atomic E-state index is 5.03. The summed E-state index contributed by atoms with van der Waals surface area (Å²) in [7, 11) is 0. The molecule has 2 aliphatic carbocycles. The van der Waals surface area contributed by atoms with E-state index in [0.717, 1.165) is 33.4 Å². The maximum Gasteiger partial charge on any atom is 0.166 e. The second-order valence-electron chi connectivity index (χ2n) is 7.72. The van der Waals surface area contributed by atoms with E-state index in [1.165, 1.54) is 67.2 Å². The monoisotopic (exact) mass is 367 g/mol. The zero-order chi connectivity index (χ0) is 17.7. The average molecular weight is 368 g/mol. The van der Waals surface area contributed by atoms with Gasteiger partial charge in [-0.3, -0.25) is 5.10 Å². The Morgan fingerprint density at radius 3 is 2.62 bits per heavy atom. The number of hydrogen-bond acceptors (Lipinski definition) is 5. The van der Waals surface area contributed by atoms with Gasteiger partial charge in [-0.15, -0.1) is 11.3 Å². The second-order valence-corrected chi connectivity index (χ2v) is 8.81. The van der Waals surface area contributed by atoms with E-state index < -0.39 is 0 Å². The molecule has 0 atom stereocenters. The lowest BCUT2D eigenvalue weighted by Crippen LogP contribution is -2.16. The van der Waals surface area contributed by atoms with E-state index in [1.54, 1.807) is 0 Å². The van der Waals surface area contributed by atoms with Crippen LogP contribution in [0.4, 0.5) is 5.82 Å². The summed E-state index contributed by atoms with van der Waals surface area (Å²) in [5.74, 6) is 1.86. The number of aromatic amines is 1. The molecule has 1 saturated carbocycles. The minimum atomic E-state index is 0.548. The van der Waals surface area contributed by atoms with Gasteiger partial charge in [-0.2, -0.15) is 5.10 Å². The molecule has 0 unspecified atom stereocenters. The third-order valence-electron chi connectivity index (χ3n) is 5.86. The van der Waals surface area contributed by atoms with Crippen molar-refractivity contribution in [3.05, 3.63) is 21.8 Å². The van der Waals surface area contributed by atoms with Crippen molar-refractivity contribution >= 4 is 27.4 Å². The first-order chi connectivity index (χ1) is 12.7. The molecule has 2 aliphatic rings. The third kappa shape index (κ3) is 2.62. The van der Waals surface area contributed by atoms with Crippen LogP contribution in [0, 0.1) is 13.8 Å². The molecule has 0 aliphatic heterocycles. The Bertz CT molecular complexity index is 945. The van der Waals surface area contributed by atoms with Gasteiger partial charge < -0.3 is 5.32 Å². The summed E-state index contributed by atoms with van der Waals surface area (Å²) >= 11 is 1.87. The largest absolute Gasteiger partial charge is 0.367 e. The highest BCUT2D eigenvalue weighted by molar-refractivity contribution is 7.19. The highest BCUT2D eigenvalue weighted by atomic mass is 32.1. The molecule has 6 heteroatoms. The summed E-state index contributed by atoms with van der Waals surface area (Å²) < 4.78 is 0. The molecule has 3 aromatic rings. The molecule has 26 heavy (non-hydrogen) atoms. The Morgan fingerprint density at radius 1 is 1.04 bits per heavy atom. The lowest BCUT2D eigenvalue weighted by atomic mass is 9.97. The number of rotatable bonds is 3. The molecule has 0 bridgehead atoms. The Labute approximate surface area is 157 Å². The molecule has 0 saturated heterocycles. The Balaban J connectivity index is 1.70. The van der Waals surface area contributed by atoms with Gasteiger partial charge in [-0.1, -0.05) is 12.8 Å². The molecule has 0 radical (unpaired) electrons. The molecule has 5 rings (SSSR count). The summed E-state index contributed by atoms with van der Waals surface area (Å²) in [5, 5.41) is 12.5. The Kier molecular flexibility index (Phi) is 3.96. The molecule has 136 valence electrons. The molecule has 1 fully saturated rings. The minimum Gasteiger partial charge on any atom is -0.367 e. The molecule has 5 nitrogen and oxygen atoms in total. The highest BCUT2D eigenvalue weighted by Gasteiger charge is 2.25. The fourth-order valence-electron chi connectivity index (χ4n) is 4.52. The van der Waals surface area contributed by atoms with E-state index >= 15 is 0 Å². The third-order valence-corrected chi connectivity index (χ3v) is 7.05. The quantitative estimate of drug-likeness (QED) is 0.689. The molecule has 0 spiro atoms. The standard InChI is InChI=1S/C20H25N5S/c1-11-16(12(2)25-24-11)18-22-19(21-13-7-3-4-8-13)17-14-9-5-6-10-15(14)26-20(17)23-18/h13H,3-10H2,1-2H3,(H,24,25)(H,21,22,23). The van der Waals surface area contributed by atoms with Crippen LogP contribution in [0.15, 0.2) is 0 Å². The normalized spacial score (nSPS) is 17.8. The van der Waals surface area contributed by atoms with E-state index in [2.05, 4.69) is 15.5 Å². The van der Waals surface area contributed by atoms with Gasteiger partial charge in [0.1, 0.15) is 10.6 Å². The first-order valence-electron chi connectivity index (χ1n) is 9.81. The van der Waals surface area contributed by atoms with Gasteiger partial charge in [0.15, 0.2) is 5.82 Å². The first-order valence-corrected chi connectivity index (χ1v) is 10.6. The van der Waals surface area contributed by atoms with Crippen molar-refractivity contribution in [2.75, 3.05) is 5.32 Å². The van der Waals surface area contributed by atoms with E-state index in [0.29, 0.717) is 6.04 Å². The summed E-state index contributed by atoms with van der Waals surface area (Å²) in [6.45, 7) is 4.07. The maximum absolute atomic E-state index is 5.03. The Hall–Kier alpha value is -1.95. The second kappa shape index (κ2) is 6.34. The number of aryl methyl sites for hydroxylation is 4. The van der Waals surface area contributed by atoms with Gasteiger partial charge in [-0.25, -0.2) is 9.97 Å². The SMILES string of the molecule is Cc1n[nH]c(C)c1-c1nc(NC2CCCC2)c2c3c(sc2n1)CCCC3. The van der Waals surface area contributed by atoms with Crippen molar-refractivity contribution in [1.29, 1.82) is 0 Å². The fraction of sp³-hybridized carbons (Fsp3) is 0.550. The molecule has 3 heterocycles. The fourth-order valence-corrected chi connectivity index (χ4v) is 5.78. The minimum absolute atomic E-state index is 0.548. The summed E-state index contributed by atoms with van der Waals surface area (Å²) in [5.41, 5.74) is 4.56. The van der Waals surface area contributed by atoms with Gasteiger partial charge in [0.05, 0.1) is 16.6 Å². The van der Waals surface area contributed by atoms with Crippen LogP contribution in [-0.4, -0.2) is 26.2 Å². The van der Waals surface area contributed by atoms with E-state index in [1.807, 2.05) is 25.2 Å². The predicted molar refractivity (Wildman–Crippen MR) is 107 cm³/mol. The van der Waals surface area contributed by atoms with E-state index in [-0.39, 0.29) is 0 Å². The number of H-pyrrole nitrogens is 1. The van der Waals surface area contributed by atoms with Crippen molar-refractivity contribution in [3.8, 4) is 11.4 Å². The van der Waals surface area contributed by atoms with E-state index in [4.69, 9.17) is 9.97 Å². The lowest BCUT2D eigenvalue weighted by Gasteiger charge is -2.17. The molecule has 2 N–H and O–H groups in total. The van der Waals surface area contributed by atoms with Crippen LogP contribution in [0.3, 0.4) is 0 Å². The van der Waals surface area contributed by atoms with Crippen molar-refractivity contribution in [3.63, 3.8) is 0 Å². The smallest absolute Gasteiger partial charge is 0.166 e.